The second kappa shape index (κ2) is 11.0. The first-order chi connectivity index (χ1) is 16.8. The van der Waals surface area contributed by atoms with Crippen molar-refractivity contribution >= 4 is 63.5 Å². The number of aryl methyl sites for hydroxylation is 2. The van der Waals surface area contributed by atoms with Crippen LogP contribution in [-0.4, -0.2) is 9.13 Å². The summed E-state index contributed by atoms with van der Waals surface area (Å²) in [6.07, 6.45) is 10.3. The SMILES string of the molecule is CCCCCCn1c2ccccc2sc2cc3c(cc21)sc1ccccc1n3CCCCCC. The first-order valence-corrected chi connectivity index (χ1v) is 14.7. The third-order valence-electron chi connectivity index (χ3n) is 6.84. The summed E-state index contributed by atoms with van der Waals surface area (Å²) in [5.41, 5.74) is 5.51. The molecule has 0 atom stereocenters. The highest BCUT2D eigenvalue weighted by Crippen LogP contribution is 2.36. The summed E-state index contributed by atoms with van der Waals surface area (Å²) in [6, 6.07) is 22.9. The Hall–Kier alpha value is -2.30. The smallest absolute Gasteiger partial charge is 0.0602 e. The normalized spacial score (nSPS) is 11.8. The number of unbranched alkanes of at least 4 members (excludes halogenated alkanes) is 6. The van der Waals surface area contributed by atoms with Crippen LogP contribution in [0, 0.1) is 0 Å². The van der Waals surface area contributed by atoms with Crippen molar-refractivity contribution in [3.63, 3.8) is 0 Å². The van der Waals surface area contributed by atoms with Crippen molar-refractivity contribution in [2.45, 2.75) is 78.3 Å². The number of rotatable bonds is 10. The van der Waals surface area contributed by atoms with E-state index >= 15 is 0 Å². The van der Waals surface area contributed by atoms with E-state index < -0.39 is 0 Å². The van der Waals surface area contributed by atoms with Gasteiger partial charge in [-0.1, -0.05) is 76.6 Å². The Bertz CT molecular complexity index is 1330. The third kappa shape index (κ3) is 4.76. The Morgan fingerprint density at radius 2 is 0.941 bits per heavy atom. The minimum absolute atomic E-state index is 1.09. The first-order valence-electron chi connectivity index (χ1n) is 13.1. The molecule has 34 heavy (non-hydrogen) atoms. The average molecular weight is 489 g/mol. The molecule has 5 rings (SSSR count). The molecule has 0 amide bonds. The predicted molar refractivity (Wildman–Crippen MR) is 154 cm³/mol. The van der Waals surface area contributed by atoms with E-state index in [1.54, 1.807) is 0 Å². The van der Waals surface area contributed by atoms with Crippen molar-refractivity contribution in [2.75, 3.05) is 0 Å². The zero-order valence-corrected chi connectivity index (χ0v) is 22.2. The van der Waals surface area contributed by atoms with Crippen LogP contribution in [0.25, 0.3) is 40.9 Å². The summed E-state index contributed by atoms with van der Waals surface area (Å²) < 4.78 is 10.7. The van der Waals surface area contributed by atoms with Gasteiger partial charge in [0.2, 0.25) is 0 Å². The van der Waals surface area contributed by atoms with Crippen LogP contribution >= 0.6 is 22.7 Å². The molecule has 5 aromatic rings. The van der Waals surface area contributed by atoms with E-state index in [2.05, 4.69) is 83.6 Å². The van der Waals surface area contributed by atoms with Gasteiger partial charge in [0.15, 0.2) is 0 Å². The van der Waals surface area contributed by atoms with E-state index in [4.69, 9.17) is 0 Å². The Kier molecular flexibility index (Phi) is 7.56. The average Bonchev–Trinajstić information content (AvgIpc) is 2.87. The van der Waals surface area contributed by atoms with Crippen LogP contribution in [0.1, 0.15) is 65.2 Å². The fourth-order valence-corrected chi connectivity index (χ4v) is 7.25. The minimum Gasteiger partial charge on any atom is -0.339 e. The summed E-state index contributed by atoms with van der Waals surface area (Å²) >= 11 is 3.88. The Labute approximate surface area is 211 Å². The van der Waals surface area contributed by atoms with Gasteiger partial charge in [-0.25, -0.2) is 0 Å². The zero-order valence-electron chi connectivity index (χ0n) is 20.6. The van der Waals surface area contributed by atoms with Crippen molar-refractivity contribution in [2.24, 2.45) is 0 Å². The summed E-state index contributed by atoms with van der Waals surface area (Å²) in [6.45, 7) is 6.76. The van der Waals surface area contributed by atoms with Gasteiger partial charge in [-0.2, -0.15) is 0 Å². The maximum absolute atomic E-state index is 2.59. The summed E-state index contributed by atoms with van der Waals surface area (Å²) in [5.74, 6) is 0. The molecular weight excluding hydrogens is 452 g/mol. The number of aromatic nitrogens is 2. The molecule has 0 spiro atoms. The van der Waals surface area contributed by atoms with Crippen LogP contribution in [-0.2, 0) is 13.1 Å². The number of hydrogen-bond acceptors (Lipinski definition) is 2. The second-order valence-corrected chi connectivity index (χ2v) is 11.5. The number of hydrogen-bond donors (Lipinski definition) is 0. The van der Waals surface area contributed by atoms with Crippen LogP contribution in [0.5, 0.6) is 0 Å². The van der Waals surface area contributed by atoms with Gasteiger partial charge in [0.1, 0.15) is 0 Å². The molecule has 0 saturated carbocycles. The molecule has 0 aliphatic rings. The molecular formula is C30H36N2S2. The highest BCUT2D eigenvalue weighted by atomic mass is 32.1. The van der Waals surface area contributed by atoms with Gasteiger partial charge in [0, 0.05) is 13.1 Å². The standard InChI is InChI=1S/C30H36N2S2/c1-3-5-7-13-19-31-23-15-9-11-17-27(23)33-29-22-26-30(21-25(29)31)34-28-18-12-10-16-24(28)32(26)20-14-8-6-4-2/h9-12,15-18,21-22H,3-8,13-14,19-20H2,1-2H3. The van der Waals surface area contributed by atoms with Gasteiger partial charge in [-0.15, -0.1) is 22.7 Å². The van der Waals surface area contributed by atoms with E-state index in [0.717, 1.165) is 13.1 Å². The summed E-state index contributed by atoms with van der Waals surface area (Å²) in [5, 5.41) is 0. The predicted octanol–water partition coefficient (Wildman–Crippen LogP) is 10.3. The van der Waals surface area contributed by atoms with Crippen LogP contribution in [0.4, 0.5) is 0 Å². The van der Waals surface area contributed by atoms with Gasteiger partial charge < -0.3 is 9.13 Å². The third-order valence-corrected chi connectivity index (χ3v) is 9.07. The second-order valence-electron chi connectivity index (χ2n) is 9.35. The molecule has 0 bridgehead atoms. The van der Waals surface area contributed by atoms with Crippen molar-refractivity contribution in [1.29, 1.82) is 0 Å². The maximum atomic E-state index is 2.59. The lowest BCUT2D eigenvalue weighted by atomic mass is 10.2. The lowest BCUT2D eigenvalue weighted by Gasteiger charge is -2.19. The molecule has 0 unspecified atom stereocenters. The van der Waals surface area contributed by atoms with E-state index in [1.807, 2.05) is 22.7 Å². The zero-order chi connectivity index (χ0) is 23.3. The number of nitrogens with zero attached hydrogens (tertiary/aromatic N) is 2. The van der Waals surface area contributed by atoms with Gasteiger partial charge in [0.05, 0.1) is 40.9 Å². The maximum Gasteiger partial charge on any atom is 0.0602 e. The molecule has 4 heteroatoms. The molecule has 0 N–H and O–H groups in total. The fraction of sp³-hybridized carbons (Fsp3) is 0.400. The highest BCUT2D eigenvalue weighted by molar-refractivity contribution is 7.25. The lowest BCUT2D eigenvalue weighted by Crippen LogP contribution is -2.04. The van der Waals surface area contributed by atoms with E-state index in [9.17, 15) is 0 Å². The molecule has 2 heterocycles. The van der Waals surface area contributed by atoms with E-state index in [1.165, 1.54) is 92.2 Å². The molecule has 178 valence electrons. The van der Waals surface area contributed by atoms with Crippen molar-refractivity contribution in [1.82, 2.24) is 9.13 Å². The topological polar surface area (TPSA) is 9.86 Å². The molecule has 0 saturated heterocycles. The molecule has 2 nitrogen and oxygen atoms in total. The van der Waals surface area contributed by atoms with Crippen LogP contribution < -0.4 is 0 Å². The van der Waals surface area contributed by atoms with Crippen molar-refractivity contribution < 1.29 is 0 Å². The molecule has 0 radical (unpaired) electrons. The summed E-state index contributed by atoms with van der Waals surface area (Å²) in [7, 11) is 0. The fourth-order valence-electron chi connectivity index (χ4n) is 5.03. The molecule has 2 aromatic heterocycles. The number of fused-ring (bicyclic) bond motifs is 4. The van der Waals surface area contributed by atoms with Crippen LogP contribution in [0.2, 0.25) is 0 Å². The Morgan fingerprint density at radius 3 is 1.38 bits per heavy atom. The Balaban J connectivity index is 1.71. The van der Waals surface area contributed by atoms with Gasteiger partial charge in [-0.05, 0) is 49.2 Å². The lowest BCUT2D eigenvalue weighted by molar-refractivity contribution is 0.600. The van der Waals surface area contributed by atoms with E-state index in [-0.39, 0.29) is 0 Å². The first kappa shape index (κ1) is 23.4. The molecule has 3 aromatic carbocycles. The highest BCUT2D eigenvalue weighted by Gasteiger charge is 2.12. The van der Waals surface area contributed by atoms with Gasteiger partial charge in [0.25, 0.3) is 0 Å². The summed E-state index contributed by atoms with van der Waals surface area (Å²) in [4.78, 5) is 0. The van der Waals surface area contributed by atoms with E-state index in [0.29, 0.717) is 0 Å². The van der Waals surface area contributed by atoms with Crippen LogP contribution in [0.15, 0.2) is 60.7 Å². The molecule has 0 fully saturated rings. The molecule has 0 aliphatic heterocycles. The van der Waals surface area contributed by atoms with Crippen molar-refractivity contribution in [3.8, 4) is 0 Å². The monoisotopic (exact) mass is 488 g/mol. The number of para-hydroxylation sites is 2. The largest absolute Gasteiger partial charge is 0.339 e. The minimum atomic E-state index is 1.09. The number of benzene rings is 3. The van der Waals surface area contributed by atoms with Crippen molar-refractivity contribution in [3.05, 3.63) is 60.7 Å². The quantitative estimate of drug-likeness (QED) is 0.137. The molecule has 0 aliphatic carbocycles. The van der Waals surface area contributed by atoms with Gasteiger partial charge in [-0.3, -0.25) is 0 Å². The van der Waals surface area contributed by atoms with Crippen LogP contribution in [0.3, 0.4) is 0 Å². The Morgan fingerprint density at radius 1 is 0.500 bits per heavy atom. The van der Waals surface area contributed by atoms with Gasteiger partial charge >= 0.3 is 0 Å².